The normalized spacial score (nSPS) is 24.8. The molecule has 2 aliphatic rings. The number of fused-ring (bicyclic) bond motifs is 1. The second-order valence-corrected chi connectivity index (χ2v) is 9.83. The Morgan fingerprint density at radius 2 is 1.97 bits per heavy atom. The van der Waals surface area contributed by atoms with Crippen molar-refractivity contribution in [3.8, 4) is 5.75 Å². The summed E-state index contributed by atoms with van der Waals surface area (Å²) < 4.78 is 10.6. The van der Waals surface area contributed by atoms with Crippen molar-refractivity contribution in [3.05, 3.63) is 40.2 Å². The number of esters is 1. The van der Waals surface area contributed by atoms with E-state index in [0.29, 0.717) is 24.8 Å². The van der Waals surface area contributed by atoms with Crippen LogP contribution in [0.25, 0.3) is 11.0 Å². The number of nitrogens with zero attached hydrogens (tertiary/aromatic N) is 1. The first-order chi connectivity index (χ1) is 15.0. The minimum atomic E-state index is -0.971. The number of ether oxygens (including phenoxy) is 1. The molecule has 1 spiro atoms. The maximum atomic E-state index is 13.2. The largest absolute Gasteiger partial charge is 0.425 e. The molecule has 2 fully saturated rings. The van der Waals surface area contributed by atoms with Crippen LogP contribution in [-0.2, 0) is 16.0 Å². The highest BCUT2D eigenvalue weighted by molar-refractivity contribution is 6.09. The van der Waals surface area contributed by atoms with Crippen LogP contribution in [-0.4, -0.2) is 34.9 Å². The van der Waals surface area contributed by atoms with Crippen LogP contribution in [0.15, 0.2) is 33.5 Å². The van der Waals surface area contributed by atoms with Crippen molar-refractivity contribution in [1.29, 1.82) is 0 Å². The summed E-state index contributed by atoms with van der Waals surface area (Å²) in [6.45, 7) is 7.69. The van der Waals surface area contributed by atoms with Crippen molar-refractivity contribution < 1.29 is 23.5 Å². The fraction of sp³-hybridized carbons (Fsp3) is 0.500. The van der Waals surface area contributed by atoms with Gasteiger partial charge >= 0.3 is 17.6 Å². The number of amides is 3. The average Bonchev–Trinajstić information content (AvgIpc) is 2.88. The van der Waals surface area contributed by atoms with E-state index in [4.69, 9.17) is 9.15 Å². The molecular formula is C24H28N2O6. The van der Waals surface area contributed by atoms with E-state index < -0.39 is 29.7 Å². The van der Waals surface area contributed by atoms with Crippen molar-refractivity contribution in [2.45, 2.75) is 58.9 Å². The van der Waals surface area contributed by atoms with Crippen LogP contribution in [0.4, 0.5) is 4.79 Å². The molecule has 1 saturated carbocycles. The van der Waals surface area contributed by atoms with Crippen LogP contribution >= 0.6 is 0 Å². The van der Waals surface area contributed by atoms with Crippen LogP contribution in [0.2, 0.25) is 0 Å². The topological polar surface area (TPSA) is 106 Å². The number of aryl methyl sites for hydroxylation is 1. The first-order valence-electron chi connectivity index (χ1n) is 10.9. The standard InChI is InChI=1S/C24H28N2O6/c1-5-15-8-19(27)32-18-9-16(6-7-17(15)18)31-20(28)12-26-21(29)24(25-22(26)30)11-14(2)10-23(3,4)13-24/h6-9,14H,5,10-13H2,1-4H3,(H,25,30)/t14-,24+/m0/s1. The quantitative estimate of drug-likeness (QED) is 0.338. The Morgan fingerprint density at radius 3 is 2.66 bits per heavy atom. The third-order valence-electron chi connectivity index (χ3n) is 6.33. The van der Waals surface area contributed by atoms with Crippen LogP contribution in [0, 0.1) is 11.3 Å². The van der Waals surface area contributed by atoms with Gasteiger partial charge in [0.05, 0.1) is 0 Å². The van der Waals surface area contributed by atoms with Gasteiger partial charge in [-0.1, -0.05) is 27.7 Å². The number of imide groups is 1. The molecule has 1 aromatic heterocycles. The maximum Gasteiger partial charge on any atom is 0.336 e. The van der Waals surface area contributed by atoms with E-state index in [2.05, 4.69) is 26.1 Å². The molecule has 0 bridgehead atoms. The fourth-order valence-corrected chi connectivity index (χ4v) is 5.51. The molecule has 1 saturated heterocycles. The molecule has 1 N–H and O–H groups in total. The van der Waals surface area contributed by atoms with Crippen molar-refractivity contribution in [2.75, 3.05) is 6.54 Å². The first kappa shape index (κ1) is 22.0. The smallest absolute Gasteiger partial charge is 0.336 e. The molecule has 8 nitrogen and oxygen atoms in total. The Labute approximate surface area is 185 Å². The average molecular weight is 440 g/mol. The summed E-state index contributed by atoms with van der Waals surface area (Å²) in [5.74, 6) is -0.679. The number of carbonyl (C=O) groups is 3. The SMILES string of the molecule is CCc1cc(=O)oc2cc(OC(=O)CN3C(=O)N[C@@]4(C[C@@H](C)CC(C)(C)C4)C3=O)ccc12. The van der Waals surface area contributed by atoms with Crippen molar-refractivity contribution in [3.63, 3.8) is 0 Å². The van der Waals surface area contributed by atoms with Crippen LogP contribution in [0.3, 0.4) is 0 Å². The lowest BCUT2D eigenvalue weighted by Gasteiger charge is -2.43. The van der Waals surface area contributed by atoms with Gasteiger partial charge in [-0.3, -0.25) is 9.69 Å². The molecule has 1 aliphatic heterocycles. The Kier molecular flexibility index (Phi) is 5.35. The van der Waals surface area contributed by atoms with Crippen LogP contribution in [0.1, 0.15) is 52.5 Å². The third kappa shape index (κ3) is 4.01. The van der Waals surface area contributed by atoms with Crippen LogP contribution < -0.4 is 15.7 Å². The Bertz CT molecular complexity index is 1170. The second kappa shape index (κ2) is 7.76. The lowest BCUT2D eigenvalue weighted by atomic mass is 9.64. The highest BCUT2D eigenvalue weighted by Crippen LogP contribution is 2.46. The van der Waals surface area contributed by atoms with Crippen LogP contribution in [0.5, 0.6) is 5.75 Å². The summed E-state index contributed by atoms with van der Waals surface area (Å²) in [6.07, 6.45) is 2.71. The summed E-state index contributed by atoms with van der Waals surface area (Å²) in [4.78, 5) is 51.0. The summed E-state index contributed by atoms with van der Waals surface area (Å²) in [5, 5.41) is 3.61. The first-order valence-corrected chi connectivity index (χ1v) is 10.9. The van der Waals surface area contributed by atoms with E-state index in [9.17, 15) is 19.2 Å². The molecule has 0 radical (unpaired) electrons. The Morgan fingerprint density at radius 1 is 1.22 bits per heavy atom. The van der Waals surface area contributed by atoms with Gasteiger partial charge in [-0.15, -0.1) is 0 Å². The highest BCUT2D eigenvalue weighted by Gasteiger charge is 2.56. The number of urea groups is 1. The molecule has 1 aromatic carbocycles. The lowest BCUT2D eigenvalue weighted by Crippen LogP contribution is -2.54. The van der Waals surface area contributed by atoms with E-state index in [1.54, 1.807) is 12.1 Å². The molecule has 0 unspecified atom stereocenters. The third-order valence-corrected chi connectivity index (χ3v) is 6.33. The Hall–Kier alpha value is -3.16. The zero-order chi connectivity index (χ0) is 23.3. The summed E-state index contributed by atoms with van der Waals surface area (Å²) >= 11 is 0. The number of hydrogen-bond donors (Lipinski definition) is 1. The van der Waals surface area contributed by atoms with Crippen molar-refractivity contribution >= 4 is 28.9 Å². The molecular weight excluding hydrogens is 412 g/mol. The maximum absolute atomic E-state index is 13.2. The summed E-state index contributed by atoms with van der Waals surface area (Å²) in [6, 6.07) is 5.64. The van der Waals surface area contributed by atoms with E-state index in [0.717, 1.165) is 22.3 Å². The monoisotopic (exact) mass is 440 g/mol. The molecule has 8 heteroatoms. The summed E-state index contributed by atoms with van der Waals surface area (Å²) in [7, 11) is 0. The zero-order valence-corrected chi connectivity index (χ0v) is 18.8. The number of benzene rings is 1. The predicted octanol–water partition coefficient (Wildman–Crippen LogP) is 3.40. The fourth-order valence-electron chi connectivity index (χ4n) is 5.51. The minimum Gasteiger partial charge on any atom is -0.425 e. The van der Waals surface area contributed by atoms with Gasteiger partial charge in [0.25, 0.3) is 5.91 Å². The van der Waals surface area contributed by atoms with Crippen molar-refractivity contribution in [2.24, 2.45) is 11.3 Å². The van der Waals surface area contributed by atoms with E-state index >= 15 is 0 Å². The molecule has 2 aromatic rings. The van der Waals surface area contributed by atoms with E-state index in [1.165, 1.54) is 12.1 Å². The summed E-state index contributed by atoms with van der Waals surface area (Å²) in [5.41, 5.74) is -0.396. The molecule has 170 valence electrons. The zero-order valence-electron chi connectivity index (χ0n) is 18.8. The highest BCUT2D eigenvalue weighted by atomic mass is 16.5. The van der Waals surface area contributed by atoms with E-state index in [-0.39, 0.29) is 23.0 Å². The van der Waals surface area contributed by atoms with Gasteiger partial charge in [-0.25, -0.2) is 14.4 Å². The van der Waals surface area contributed by atoms with Gasteiger partial charge in [-0.05, 0) is 54.7 Å². The molecule has 2 heterocycles. The molecule has 1 aliphatic carbocycles. The van der Waals surface area contributed by atoms with Gasteiger partial charge in [0, 0.05) is 17.5 Å². The van der Waals surface area contributed by atoms with Gasteiger partial charge in [-0.2, -0.15) is 0 Å². The predicted molar refractivity (Wildman–Crippen MR) is 117 cm³/mol. The van der Waals surface area contributed by atoms with Gasteiger partial charge in [0.2, 0.25) is 0 Å². The van der Waals surface area contributed by atoms with Crippen molar-refractivity contribution in [1.82, 2.24) is 10.2 Å². The lowest BCUT2D eigenvalue weighted by molar-refractivity contribution is -0.142. The molecule has 4 rings (SSSR count). The number of hydrogen-bond acceptors (Lipinski definition) is 6. The van der Waals surface area contributed by atoms with E-state index in [1.807, 2.05) is 6.92 Å². The second-order valence-electron chi connectivity index (χ2n) is 9.83. The number of rotatable bonds is 4. The van der Waals surface area contributed by atoms with Gasteiger partial charge < -0.3 is 14.5 Å². The molecule has 32 heavy (non-hydrogen) atoms. The minimum absolute atomic E-state index is 0.0938. The Balaban J connectivity index is 1.50. The number of carbonyl (C=O) groups excluding carboxylic acids is 3. The van der Waals surface area contributed by atoms with Gasteiger partial charge in [0.15, 0.2) is 0 Å². The molecule has 3 amide bonds. The molecule has 2 atom stereocenters. The van der Waals surface area contributed by atoms with Gasteiger partial charge in [0.1, 0.15) is 23.4 Å². The number of nitrogens with one attached hydrogen (secondary N) is 1.